The van der Waals surface area contributed by atoms with E-state index in [1.54, 1.807) is 17.2 Å². The molecule has 1 fully saturated rings. The van der Waals surface area contributed by atoms with Crippen molar-refractivity contribution in [2.45, 2.75) is 12.5 Å². The first-order valence-electron chi connectivity index (χ1n) is 6.80. The number of likely N-dealkylation sites (tertiary alicyclic amines) is 1. The van der Waals surface area contributed by atoms with Gasteiger partial charge in [-0.25, -0.2) is 0 Å². The van der Waals surface area contributed by atoms with E-state index < -0.39 is 0 Å². The SMILES string of the molecule is NC1CCN(C(=O)C=Cc2ccnc3ccccc23)C1. The summed E-state index contributed by atoms with van der Waals surface area (Å²) in [4.78, 5) is 18.2. The predicted molar refractivity (Wildman–Crippen MR) is 79.9 cm³/mol. The summed E-state index contributed by atoms with van der Waals surface area (Å²) in [6, 6.07) is 9.95. The quantitative estimate of drug-likeness (QED) is 0.844. The van der Waals surface area contributed by atoms with Gasteiger partial charge < -0.3 is 10.6 Å². The lowest BCUT2D eigenvalue weighted by Crippen LogP contribution is -2.30. The van der Waals surface area contributed by atoms with Gasteiger partial charge in [-0.05, 0) is 30.2 Å². The van der Waals surface area contributed by atoms with E-state index in [9.17, 15) is 4.79 Å². The van der Waals surface area contributed by atoms with Crippen molar-refractivity contribution in [3.63, 3.8) is 0 Å². The maximum Gasteiger partial charge on any atom is 0.246 e. The van der Waals surface area contributed by atoms with Crippen molar-refractivity contribution in [3.05, 3.63) is 48.2 Å². The van der Waals surface area contributed by atoms with E-state index in [0.29, 0.717) is 6.54 Å². The predicted octanol–water partition coefficient (Wildman–Crippen LogP) is 1.81. The van der Waals surface area contributed by atoms with E-state index in [0.717, 1.165) is 29.4 Å². The number of carbonyl (C=O) groups is 1. The fourth-order valence-electron chi connectivity index (χ4n) is 2.52. The number of nitrogens with zero attached hydrogens (tertiary/aromatic N) is 2. The largest absolute Gasteiger partial charge is 0.338 e. The summed E-state index contributed by atoms with van der Waals surface area (Å²) < 4.78 is 0. The van der Waals surface area contributed by atoms with Crippen molar-refractivity contribution < 1.29 is 4.79 Å². The Morgan fingerprint density at radius 1 is 1.35 bits per heavy atom. The Bertz CT molecular complexity index is 660. The maximum atomic E-state index is 12.1. The van der Waals surface area contributed by atoms with E-state index >= 15 is 0 Å². The number of hydrogen-bond acceptors (Lipinski definition) is 3. The number of hydrogen-bond donors (Lipinski definition) is 1. The second-order valence-corrected chi connectivity index (χ2v) is 5.08. The Morgan fingerprint density at radius 2 is 2.20 bits per heavy atom. The van der Waals surface area contributed by atoms with Gasteiger partial charge in [-0.3, -0.25) is 9.78 Å². The Morgan fingerprint density at radius 3 is 3.00 bits per heavy atom. The van der Waals surface area contributed by atoms with E-state index in [4.69, 9.17) is 5.73 Å². The van der Waals surface area contributed by atoms with Crippen LogP contribution in [-0.4, -0.2) is 34.9 Å². The maximum absolute atomic E-state index is 12.1. The van der Waals surface area contributed by atoms with Crippen LogP contribution in [0.3, 0.4) is 0 Å². The van der Waals surface area contributed by atoms with Gasteiger partial charge in [0.05, 0.1) is 5.52 Å². The molecule has 1 aromatic carbocycles. The average molecular weight is 267 g/mol. The van der Waals surface area contributed by atoms with Crippen molar-refractivity contribution in [2.24, 2.45) is 5.73 Å². The molecule has 1 aromatic heterocycles. The molecule has 2 N–H and O–H groups in total. The van der Waals surface area contributed by atoms with E-state index in [1.807, 2.05) is 36.4 Å². The minimum absolute atomic E-state index is 0.0267. The number of carbonyl (C=O) groups excluding carboxylic acids is 1. The van der Waals surface area contributed by atoms with Gasteiger partial charge in [0, 0.05) is 36.8 Å². The monoisotopic (exact) mass is 267 g/mol. The molecule has 0 saturated carbocycles. The van der Waals surface area contributed by atoms with Crippen LogP contribution in [-0.2, 0) is 4.79 Å². The summed E-state index contributed by atoms with van der Waals surface area (Å²) >= 11 is 0. The molecular formula is C16H17N3O. The average Bonchev–Trinajstić information content (AvgIpc) is 2.91. The standard InChI is InChI=1S/C16H17N3O/c17-13-8-10-19(11-13)16(20)6-5-12-7-9-18-15-4-2-1-3-14(12)15/h1-7,9,13H,8,10-11,17H2. The molecular weight excluding hydrogens is 250 g/mol. The molecule has 20 heavy (non-hydrogen) atoms. The lowest BCUT2D eigenvalue weighted by Gasteiger charge is -2.12. The Kier molecular flexibility index (Phi) is 3.48. The van der Waals surface area contributed by atoms with Gasteiger partial charge >= 0.3 is 0 Å². The van der Waals surface area contributed by atoms with Crippen molar-refractivity contribution in [3.8, 4) is 0 Å². The number of nitrogens with two attached hydrogens (primary N) is 1. The smallest absolute Gasteiger partial charge is 0.246 e. The zero-order valence-corrected chi connectivity index (χ0v) is 11.2. The first kappa shape index (κ1) is 12.8. The van der Waals surface area contributed by atoms with Crippen LogP contribution in [0.4, 0.5) is 0 Å². The molecule has 1 saturated heterocycles. The van der Waals surface area contributed by atoms with Crippen molar-refractivity contribution >= 4 is 22.9 Å². The molecule has 1 aliphatic heterocycles. The highest BCUT2D eigenvalue weighted by Crippen LogP contribution is 2.17. The van der Waals surface area contributed by atoms with Gasteiger partial charge in [0.2, 0.25) is 5.91 Å². The lowest BCUT2D eigenvalue weighted by atomic mass is 10.1. The second-order valence-electron chi connectivity index (χ2n) is 5.08. The molecule has 1 unspecified atom stereocenters. The fraction of sp³-hybridized carbons (Fsp3) is 0.250. The Hall–Kier alpha value is -2.20. The Labute approximate surface area is 117 Å². The minimum atomic E-state index is 0.0267. The zero-order chi connectivity index (χ0) is 13.9. The molecule has 4 heteroatoms. The van der Waals surface area contributed by atoms with Crippen LogP contribution in [0.15, 0.2) is 42.6 Å². The third kappa shape index (κ3) is 2.56. The summed E-state index contributed by atoms with van der Waals surface area (Å²) in [6.45, 7) is 1.40. The molecule has 102 valence electrons. The van der Waals surface area contributed by atoms with Crippen LogP contribution in [0.25, 0.3) is 17.0 Å². The number of pyridine rings is 1. The first-order valence-corrected chi connectivity index (χ1v) is 6.80. The fourth-order valence-corrected chi connectivity index (χ4v) is 2.52. The van der Waals surface area contributed by atoms with E-state index in [-0.39, 0.29) is 11.9 Å². The zero-order valence-electron chi connectivity index (χ0n) is 11.2. The molecule has 2 heterocycles. The van der Waals surface area contributed by atoms with Crippen LogP contribution in [0.1, 0.15) is 12.0 Å². The summed E-state index contributed by atoms with van der Waals surface area (Å²) in [6.07, 6.45) is 6.13. The molecule has 2 aromatic rings. The summed E-state index contributed by atoms with van der Waals surface area (Å²) in [7, 11) is 0. The molecule has 0 radical (unpaired) electrons. The molecule has 1 aliphatic rings. The highest BCUT2D eigenvalue weighted by atomic mass is 16.2. The normalized spacial score (nSPS) is 19.1. The van der Waals surface area contributed by atoms with Crippen molar-refractivity contribution in [1.29, 1.82) is 0 Å². The van der Waals surface area contributed by atoms with Crippen LogP contribution >= 0.6 is 0 Å². The van der Waals surface area contributed by atoms with Crippen molar-refractivity contribution in [2.75, 3.05) is 13.1 Å². The van der Waals surface area contributed by atoms with Gasteiger partial charge in [-0.2, -0.15) is 0 Å². The van der Waals surface area contributed by atoms with Crippen LogP contribution in [0.2, 0.25) is 0 Å². The third-order valence-corrected chi connectivity index (χ3v) is 3.62. The molecule has 4 nitrogen and oxygen atoms in total. The van der Waals surface area contributed by atoms with E-state index in [1.165, 1.54) is 0 Å². The second kappa shape index (κ2) is 5.43. The molecule has 3 rings (SSSR count). The Balaban J connectivity index is 1.82. The lowest BCUT2D eigenvalue weighted by molar-refractivity contribution is -0.124. The number of para-hydroxylation sites is 1. The molecule has 0 aliphatic carbocycles. The molecule has 0 spiro atoms. The number of aromatic nitrogens is 1. The molecule has 1 atom stereocenters. The van der Waals surface area contributed by atoms with E-state index in [2.05, 4.69) is 4.98 Å². The third-order valence-electron chi connectivity index (χ3n) is 3.62. The van der Waals surface area contributed by atoms with Crippen LogP contribution < -0.4 is 5.73 Å². The first-order chi connectivity index (χ1) is 9.74. The summed E-state index contributed by atoms with van der Waals surface area (Å²) in [5.74, 6) is 0.0267. The summed E-state index contributed by atoms with van der Waals surface area (Å²) in [5, 5.41) is 1.05. The van der Waals surface area contributed by atoms with Gasteiger partial charge in [0.1, 0.15) is 0 Å². The van der Waals surface area contributed by atoms with Crippen LogP contribution in [0.5, 0.6) is 0 Å². The number of benzene rings is 1. The minimum Gasteiger partial charge on any atom is -0.338 e. The van der Waals surface area contributed by atoms with Gasteiger partial charge in [0.15, 0.2) is 0 Å². The van der Waals surface area contributed by atoms with Crippen LogP contribution in [0, 0.1) is 0 Å². The number of rotatable bonds is 2. The number of fused-ring (bicyclic) bond motifs is 1. The molecule has 0 bridgehead atoms. The summed E-state index contributed by atoms with van der Waals surface area (Å²) in [5.41, 5.74) is 7.76. The highest BCUT2D eigenvalue weighted by Gasteiger charge is 2.21. The van der Waals surface area contributed by atoms with Gasteiger partial charge in [-0.15, -0.1) is 0 Å². The highest BCUT2D eigenvalue weighted by molar-refractivity contribution is 5.95. The van der Waals surface area contributed by atoms with Gasteiger partial charge in [-0.1, -0.05) is 18.2 Å². The molecule has 1 amide bonds. The number of amides is 1. The van der Waals surface area contributed by atoms with Crippen molar-refractivity contribution in [1.82, 2.24) is 9.88 Å². The van der Waals surface area contributed by atoms with Gasteiger partial charge in [0.25, 0.3) is 0 Å². The topological polar surface area (TPSA) is 59.2 Å².